The number of methoxy groups -OCH3 is 1. The van der Waals surface area contributed by atoms with E-state index < -0.39 is 0 Å². The molecule has 17 heavy (non-hydrogen) atoms. The Morgan fingerprint density at radius 1 is 1.65 bits per heavy atom. The van der Waals surface area contributed by atoms with Crippen molar-refractivity contribution < 1.29 is 14.3 Å². The van der Waals surface area contributed by atoms with Crippen LogP contribution in [-0.4, -0.2) is 31.5 Å². The summed E-state index contributed by atoms with van der Waals surface area (Å²) in [7, 11) is 1.55. The van der Waals surface area contributed by atoms with E-state index >= 15 is 0 Å². The fourth-order valence-corrected chi connectivity index (χ4v) is 2.45. The fourth-order valence-electron chi connectivity index (χ4n) is 1.74. The van der Waals surface area contributed by atoms with Gasteiger partial charge in [-0.1, -0.05) is 0 Å². The summed E-state index contributed by atoms with van der Waals surface area (Å²) >= 11 is 1.39. The van der Waals surface area contributed by atoms with Gasteiger partial charge >= 0.3 is 0 Å². The third-order valence-electron chi connectivity index (χ3n) is 2.66. The quantitative estimate of drug-likeness (QED) is 0.837. The van der Waals surface area contributed by atoms with E-state index in [4.69, 9.17) is 4.74 Å². The third-order valence-corrected chi connectivity index (χ3v) is 3.53. The highest BCUT2D eigenvalue weighted by Crippen LogP contribution is 2.25. The minimum Gasteiger partial charge on any atom is -0.487 e. The van der Waals surface area contributed by atoms with Gasteiger partial charge in [0.15, 0.2) is 5.06 Å². The molecule has 1 atom stereocenters. The van der Waals surface area contributed by atoms with Crippen LogP contribution in [0.4, 0.5) is 0 Å². The summed E-state index contributed by atoms with van der Waals surface area (Å²) in [5.74, 6) is -0.104. The lowest BCUT2D eigenvalue weighted by molar-refractivity contribution is -0.122. The molecule has 2 N–H and O–H groups in total. The highest BCUT2D eigenvalue weighted by Gasteiger charge is 2.21. The van der Waals surface area contributed by atoms with Crippen LogP contribution < -0.4 is 15.4 Å². The summed E-state index contributed by atoms with van der Waals surface area (Å²) in [6.45, 7) is 0.497. The molecule has 1 unspecified atom stereocenters. The van der Waals surface area contributed by atoms with E-state index in [1.165, 1.54) is 11.3 Å². The number of amides is 2. The Bertz CT molecular complexity index is 420. The van der Waals surface area contributed by atoms with E-state index in [0.717, 1.165) is 0 Å². The monoisotopic (exact) mass is 254 g/mol. The molecule has 2 rings (SSSR count). The number of nitrogens with one attached hydrogen (secondary N) is 2. The predicted molar refractivity (Wildman–Crippen MR) is 64.4 cm³/mol. The van der Waals surface area contributed by atoms with E-state index in [-0.39, 0.29) is 17.9 Å². The van der Waals surface area contributed by atoms with Gasteiger partial charge in [-0.3, -0.25) is 9.59 Å². The van der Waals surface area contributed by atoms with Gasteiger partial charge in [-0.2, -0.15) is 0 Å². The number of piperidine rings is 1. The number of carbonyl (C=O) groups is 2. The van der Waals surface area contributed by atoms with E-state index in [1.54, 1.807) is 13.2 Å². The van der Waals surface area contributed by atoms with Crippen LogP contribution in [0.3, 0.4) is 0 Å². The van der Waals surface area contributed by atoms with Gasteiger partial charge in [0.05, 0.1) is 12.7 Å². The number of ether oxygens (including phenoxy) is 1. The van der Waals surface area contributed by atoms with Crippen molar-refractivity contribution in [2.45, 2.75) is 18.9 Å². The molecule has 2 amide bonds. The van der Waals surface area contributed by atoms with Crippen molar-refractivity contribution in [1.82, 2.24) is 10.6 Å². The van der Waals surface area contributed by atoms with Gasteiger partial charge in [0.1, 0.15) is 0 Å². The van der Waals surface area contributed by atoms with Crippen molar-refractivity contribution in [2.24, 2.45) is 0 Å². The molecule has 92 valence electrons. The van der Waals surface area contributed by atoms with Crippen molar-refractivity contribution in [2.75, 3.05) is 13.7 Å². The lowest BCUT2D eigenvalue weighted by Crippen LogP contribution is -2.47. The molecule has 1 aromatic rings. The van der Waals surface area contributed by atoms with Crippen molar-refractivity contribution >= 4 is 23.2 Å². The van der Waals surface area contributed by atoms with Crippen molar-refractivity contribution in [3.8, 4) is 5.06 Å². The number of hydrogen-bond acceptors (Lipinski definition) is 4. The Labute approximate surface area is 103 Å². The van der Waals surface area contributed by atoms with E-state index in [1.807, 2.05) is 5.38 Å². The van der Waals surface area contributed by atoms with E-state index in [2.05, 4.69) is 10.6 Å². The molecule has 0 bridgehead atoms. The first-order valence-corrected chi connectivity index (χ1v) is 6.27. The Morgan fingerprint density at radius 2 is 2.47 bits per heavy atom. The molecule has 1 saturated heterocycles. The van der Waals surface area contributed by atoms with Crippen LogP contribution in [0.15, 0.2) is 11.4 Å². The molecule has 0 saturated carbocycles. The van der Waals surface area contributed by atoms with Crippen LogP contribution >= 0.6 is 11.3 Å². The van der Waals surface area contributed by atoms with E-state index in [0.29, 0.717) is 30.0 Å². The molecule has 1 fully saturated rings. The van der Waals surface area contributed by atoms with Crippen LogP contribution in [0.2, 0.25) is 0 Å². The Hall–Kier alpha value is -1.56. The van der Waals surface area contributed by atoms with Crippen molar-refractivity contribution in [1.29, 1.82) is 0 Å². The SMILES string of the molecule is COc1sccc1C(=O)NC1CCC(=O)NC1. The molecule has 0 aromatic carbocycles. The summed E-state index contributed by atoms with van der Waals surface area (Å²) in [4.78, 5) is 22.9. The highest BCUT2D eigenvalue weighted by molar-refractivity contribution is 7.12. The van der Waals surface area contributed by atoms with Gasteiger partial charge in [-0.15, -0.1) is 11.3 Å². The number of rotatable bonds is 3. The highest BCUT2D eigenvalue weighted by atomic mass is 32.1. The fraction of sp³-hybridized carbons (Fsp3) is 0.455. The molecule has 0 aliphatic carbocycles. The largest absolute Gasteiger partial charge is 0.487 e. The second-order valence-electron chi connectivity index (χ2n) is 3.84. The molecule has 0 spiro atoms. The van der Waals surface area contributed by atoms with Crippen LogP contribution in [0.5, 0.6) is 5.06 Å². The molecular formula is C11H14N2O3S. The molecule has 1 aliphatic heterocycles. The number of carbonyl (C=O) groups excluding carboxylic acids is 2. The second kappa shape index (κ2) is 5.18. The van der Waals surface area contributed by atoms with Gasteiger partial charge in [-0.25, -0.2) is 0 Å². The standard InChI is InChI=1S/C11H14N2O3S/c1-16-11-8(4-5-17-11)10(15)13-7-2-3-9(14)12-6-7/h4-5,7H,2-3,6H2,1H3,(H,12,14)(H,13,15). The predicted octanol–water partition coefficient (Wildman–Crippen LogP) is 0.765. The van der Waals surface area contributed by atoms with Crippen LogP contribution in [-0.2, 0) is 4.79 Å². The van der Waals surface area contributed by atoms with Crippen LogP contribution in [0.25, 0.3) is 0 Å². The van der Waals surface area contributed by atoms with Crippen molar-refractivity contribution in [3.05, 3.63) is 17.0 Å². The van der Waals surface area contributed by atoms with Gasteiger partial charge < -0.3 is 15.4 Å². The maximum absolute atomic E-state index is 11.9. The molecule has 1 aromatic heterocycles. The molecule has 5 nitrogen and oxygen atoms in total. The van der Waals surface area contributed by atoms with Gasteiger partial charge in [0, 0.05) is 19.0 Å². The Kier molecular flexibility index (Phi) is 3.63. The minimum absolute atomic E-state index is 0.00445. The Morgan fingerprint density at radius 3 is 3.12 bits per heavy atom. The van der Waals surface area contributed by atoms with Gasteiger partial charge in [-0.05, 0) is 17.9 Å². The lowest BCUT2D eigenvalue weighted by atomic mass is 10.1. The minimum atomic E-state index is -0.149. The summed E-state index contributed by atoms with van der Waals surface area (Å²) in [6.07, 6.45) is 1.15. The van der Waals surface area contributed by atoms with Crippen LogP contribution in [0.1, 0.15) is 23.2 Å². The molecule has 1 aliphatic rings. The zero-order valence-electron chi connectivity index (χ0n) is 9.49. The zero-order chi connectivity index (χ0) is 12.3. The van der Waals surface area contributed by atoms with Gasteiger partial charge in [0.25, 0.3) is 5.91 Å². The lowest BCUT2D eigenvalue weighted by Gasteiger charge is -2.23. The second-order valence-corrected chi connectivity index (χ2v) is 4.72. The molecular weight excluding hydrogens is 240 g/mol. The Balaban J connectivity index is 1.95. The van der Waals surface area contributed by atoms with Crippen molar-refractivity contribution in [3.63, 3.8) is 0 Å². The average molecular weight is 254 g/mol. The maximum Gasteiger partial charge on any atom is 0.256 e. The normalized spacial score (nSPS) is 19.6. The summed E-state index contributed by atoms with van der Waals surface area (Å²) in [5, 5.41) is 8.05. The maximum atomic E-state index is 11.9. The number of thiophene rings is 1. The topological polar surface area (TPSA) is 67.4 Å². The molecule has 0 radical (unpaired) electrons. The third kappa shape index (κ3) is 2.76. The molecule has 2 heterocycles. The first-order valence-electron chi connectivity index (χ1n) is 5.39. The summed E-state index contributed by atoms with van der Waals surface area (Å²) in [5.41, 5.74) is 0.550. The summed E-state index contributed by atoms with van der Waals surface area (Å²) in [6, 6.07) is 1.74. The van der Waals surface area contributed by atoms with Gasteiger partial charge in [0.2, 0.25) is 5.91 Å². The van der Waals surface area contributed by atoms with Crippen LogP contribution in [0, 0.1) is 0 Å². The van der Waals surface area contributed by atoms with E-state index in [9.17, 15) is 9.59 Å². The summed E-state index contributed by atoms with van der Waals surface area (Å²) < 4.78 is 5.10. The molecule has 6 heteroatoms. The first-order chi connectivity index (χ1) is 8.20. The average Bonchev–Trinajstić information content (AvgIpc) is 2.80. The number of hydrogen-bond donors (Lipinski definition) is 2. The smallest absolute Gasteiger partial charge is 0.256 e. The first kappa shape index (κ1) is 11.9. The zero-order valence-corrected chi connectivity index (χ0v) is 10.3.